The first kappa shape index (κ1) is 13.9. The van der Waals surface area contributed by atoms with Crippen LogP contribution in [0, 0.1) is 6.92 Å². The number of carboxylic acid groups (broad SMARTS) is 1. The van der Waals surface area contributed by atoms with Crippen LogP contribution in [0.5, 0.6) is 0 Å². The Labute approximate surface area is 117 Å². The number of nitrogens with two attached hydrogens (primary N) is 1. The molecule has 20 heavy (non-hydrogen) atoms. The lowest BCUT2D eigenvalue weighted by Crippen LogP contribution is -2.20. The Balaban J connectivity index is 2.24. The highest BCUT2D eigenvalue weighted by molar-refractivity contribution is 5.86. The second kappa shape index (κ2) is 5.61. The number of aromatic nitrogens is 1. The normalized spacial score (nSPS) is 10.3. The van der Waals surface area contributed by atoms with Gasteiger partial charge in [-0.2, -0.15) is 0 Å². The van der Waals surface area contributed by atoms with Gasteiger partial charge in [0.1, 0.15) is 0 Å². The van der Waals surface area contributed by atoms with E-state index in [2.05, 4.69) is 4.98 Å². The molecule has 0 aliphatic heterocycles. The van der Waals surface area contributed by atoms with E-state index in [1.807, 2.05) is 43.1 Å². The zero-order chi connectivity index (χ0) is 14.7. The number of anilines is 2. The maximum Gasteiger partial charge on any atom is 0.354 e. The Kier molecular flexibility index (Phi) is 3.89. The van der Waals surface area contributed by atoms with Crippen molar-refractivity contribution in [3.63, 3.8) is 0 Å². The van der Waals surface area contributed by atoms with E-state index in [1.165, 1.54) is 11.6 Å². The van der Waals surface area contributed by atoms with Crippen molar-refractivity contribution in [2.45, 2.75) is 13.5 Å². The summed E-state index contributed by atoms with van der Waals surface area (Å²) >= 11 is 0. The molecule has 5 nitrogen and oxygen atoms in total. The van der Waals surface area contributed by atoms with Gasteiger partial charge in [0.2, 0.25) is 0 Å². The van der Waals surface area contributed by atoms with Gasteiger partial charge in [-0.25, -0.2) is 9.78 Å². The van der Waals surface area contributed by atoms with Crippen LogP contribution in [0.25, 0.3) is 0 Å². The van der Waals surface area contributed by atoms with Crippen LogP contribution in [0.4, 0.5) is 11.5 Å². The molecule has 0 aliphatic carbocycles. The van der Waals surface area contributed by atoms with Crippen molar-refractivity contribution < 1.29 is 9.90 Å². The molecule has 1 aromatic carbocycles. The smallest absolute Gasteiger partial charge is 0.354 e. The number of hydrogen-bond acceptors (Lipinski definition) is 4. The zero-order valence-corrected chi connectivity index (χ0v) is 11.5. The molecule has 0 saturated carbocycles. The van der Waals surface area contributed by atoms with Gasteiger partial charge in [-0.05, 0) is 24.6 Å². The Hall–Kier alpha value is -2.56. The van der Waals surface area contributed by atoms with E-state index in [0.717, 1.165) is 5.56 Å². The standard InChI is InChI=1S/C15H17N3O2/c1-10-3-5-11(6-4-10)9-18(2)14-12(16)7-8-13(17-14)15(19)20/h3-8H,9,16H2,1-2H3,(H,19,20). The van der Waals surface area contributed by atoms with Crippen molar-refractivity contribution in [3.05, 3.63) is 53.2 Å². The lowest BCUT2D eigenvalue weighted by Gasteiger charge is -2.20. The fourth-order valence-corrected chi connectivity index (χ4v) is 1.93. The summed E-state index contributed by atoms with van der Waals surface area (Å²) in [6.07, 6.45) is 0. The average Bonchev–Trinajstić information content (AvgIpc) is 2.41. The SMILES string of the molecule is Cc1ccc(CN(C)c2nc(C(=O)O)ccc2N)cc1. The summed E-state index contributed by atoms with van der Waals surface area (Å²) in [5.74, 6) is -0.583. The van der Waals surface area contributed by atoms with Gasteiger partial charge in [0.05, 0.1) is 5.69 Å². The average molecular weight is 271 g/mol. The molecule has 2 rings (SSSR count). The number of carboxylic acids is 1. The highest BCUT2D eigenvalue weighted by Crippen LogP contribution is 2.21. The Morgan fingerprint density at radius 2 is 1.90 bits per heavy atom. The predicted molar refractivity (Wildman–Crippen MR) is 78.9 cm³/mol. The summed E-state index contributed by atoms with van der Waals surface area (Å²) in [5.41, 5.74) is 8.63. The molecule has 0 atom stereocenters. The van der Waals surface area contributed by atoms with Crippen molar-refractivity contribution in [1.29, 1.82) is 0 Å². The monoisotopic (exact) mass is 271 g/mol. The van der Waals surface area contributed by atoms with Gasteiger partial charge >= 0.3 is 5.97 Å². The summed E-state index contributed by atoms with van der Waals surface area (Å²) in [5, 5.41) is 8.98. The van der Waals surface area contributed by atoms with Gasteiger partial charge in [-0.3, -0.25) is 0 Å². The van der Waals surface area contributed by atoms with E-state index in [1.54, 1.807) is 6.07 Å². The van der Waals surface area contributed by atoms with E-state index >= 15 is 0 Å². The maximum atomic E-state index is 11.0. The number of aromatic carboxylic acids is 1. The zero-order valence-electron chi connectivity index (χ0n) is 11.5. The lowest BCUT2D eigenvalue weighted by atomic mass is 10.1. The first-order valence-electron chi connectivity index (χ1n) is 6.24. The summed E-state index contributed by atoms with van der Waals surface area (Å²) < 4.78 is 0. The fourth-order valence-electron chi connectivity index (χ4n) is 1.93. The second-order valence-corrected chi connectivity index (χ2v) is 4.76. The number of carbonyl (C=O) groups is 1. The molecular weight excluding hydrogens is 254 g/mol. The quantitative estimate of drug-likeness (QED) is 0.892. The number of nitrogen functional groups attached to an aromatic ring is 1. The molecule has 0 unspecified atom stereocenters. The Bertz CT molecular complexity index is 624. The number of benzene rings is 1. The van der Waals surface area contributed by atoms with Crippen molar-refractivity contribution in [2.24, 2.45) is 0 Å². The molecular formula is C15H17N3O2. The summed E-state index contributed by atoms with van der Waals surface area (Å²) in [4.78, 5) is 16.9. The third kappa shape index (κ3) is 3.06. The molecule has 0 radical (unpaired) electrons. The predicted octanol–water partition coefficient (Wildman–Crippen LogP) is 2.31. The van der Waals surface area contributed by atoms with Crippen molar-refractivity contribution in [3.8, 4) is 0 Å². The number of hydrogen-bond donors (Lipinski definition) is 2. The van der Waals surface area contributed by atoms with Crippen LogP contribution >= 0.6 is 0 Å². The van der Waals surface area contributed by atoms with Gasteiger partial charge in [0, 0.05) is 13.6 Å². The minimum Gasteiger partial charge on any atom is -0.477 e. The Morgan fingerprint density at radius 1 is 1.25 bits per heavy atom. The molecule has 0 spiro atoms. The molecule has 0 bridgehead atoms. The van der Waals surface area contributed by atoms with E-state index in [4.69, 9.17) is 10.8 Å². The number of pyridine rings is 1. The molecule has 3 N–H and O–H groups in total. The van der Waals surface area contributed by atoms with Crippen LogP contribution in [0.1, 0.15) is 21.6 Å². The van der Waals surface area contributed by atoms with Crippen LogP contribution in [0.2, 0.25) is 0 Å². The van der Waals surface area contributed by atoms with Gasteiger partial charge < -0.3 is 15.7 Å². The molecule has 1 aromatic heterocycles. The highest BCUT2D eigenvalue weighted by atomic mass is 16.4. The third-order valence-electron chi connectivity index (χ3n) is 3.03. The van der Waals surface area contributed by atoms with E-state index in [-0.39, 0.29) is 5.69 Å². The van der Waals surface area contributed by atoms with Gasteiger partial charge in [-0.1, -0.05) is 29.8 Å². The van der Waals surface area contributed by atoms with Gasteiger partial charge in [-0.15, -0.1) is 0 Å². The van der Waals surface area contributed by atoms with Crippen LogP contribution in [0.15, 0.2) is 36.4 Å². The second-order valence-electron chi connectivity index (χ2n) is 4.76. The molecule has 0 aliphatic rings. The lowest BCUT2D eigenvalue weighted by molar-refractivity contribution is 0.0690. The molecule has 104 valence electrons. The van der Waals surface area contributed by atoms with Gasteiger partial charge in [0.25, 0.3) is 0 Å². The summed E-state index contributed by atoms with van der Waals surface area (Å²) in [6.45, 7) is 2.64. The Morgan fingerprint density at radius 3 is 2.50 bits per heavy atom. The first-order chi connectivity index (χ1) is 9.47. The number of rotatable bonds is 4. The van der Waals surface area contributed by atoms with Crippen molar-refractivity contribution >= 4 is 17.5 Å². The van der Waals surface area contributed by atoms with Crippen LogP contribution in [-0.4, -0.2) is 23.1 Å². The fraction of sp³-hybridized carbons (Fsp3) is 0.200. The molecule has 0 saturated heterocycles. The summed E-state index contributed by atoms with van der Waals surface area (Å²) in [7, 11) is 1.84. The van der Waals surface area contributed by atoms with Crippen LogP contribution in [0.3, 0.4) is 0 Å². The van der Waals surface area contributed by atoms with E-state index in [9.17, 15) is 4.79 Å². The third-order valence-corrected chi connectivity index (χ3v) is 3.03. The van der Waals surface area contributed by atoms with Crippen LogP contribution < -0.4 is 10.6 Å². The van der Waals surface area contributed by atoms with Crippen molar-refractivity contribution in [1.82, 2.24) is 4.98 Å². The van der Waals surface area contributed by atoms with E-state index < -0.39 is 5.97 Å². The molecule has 1 heterocycles. The maximum absolute atomic E-state index is 11.0. The molecule has 5 heteroatoms. The largest absolute Gasteiger partial charge is 0.477 e. The van der Waals surface area contributed by atoms with E-state index in [0.29, 0.717) is 18.1 Å². The number of nitrogens with zero attached hydrogens (tertiary/aromatic N) is 2. The highest BCUT2D eigenvalue weighted by Gasteiger charge is 2.12. The molecule has 2 aromatic rings. The van der Waals surface area contributed by atoms with Gasteiger partial charge in [0.15, 0.2) is 11.5 Å². The van der Waals surface area contributed by atoms with Crippen LogP contribution in [-0.2, 0) is 6.54 Å². The summed E-state index contributed by atoms with van der Waals surface area (Å²) in [6, 6.07) is 11.1. The molecule has 0 amide bonds. The van der Waals surface area contributed by atoms with Crippen molar-refractivity contribution in [2.75, 3.05) is 17.7 Å². The molecule has 0 fully saturated rings. The topological polar surface area (TPSA) is 79.5 Å². The minimum absolute atomic E-state index is 0.00930. The first-order valence-corrected chi connectivity index (χ1v) is 6.24. The minimum atomic E-state index is -1.06. The number of aryl methyl sites for hydroxylation is 1.